The highest BCUT2D eigenvalue weighted by Gasteiger charge is 2.22. The number of aliphatic hydroxyl groups excluding tert-OH is 1. The zero-order valence-electron chi connectivity index (χ0n) is 27.6. The van der Waals surface area contributed by atoms with E-state index in [0.717, 1.165) is 33.4 Å². The van der Waals surface area contributed by atoms with Crippen LogP contribution in [0.4, 0.5) is 0 Å². The minimum Gasteiger partial charge on any atom is -0.493 e. The average molecular weight is 663 g/mol. The fourth-order valence-corrected chi connectivity index (χ4v) is 5.59. The van der Waals surface area contributed by atoms with Crippen LogP contribution in [0, 0.1) is 6.92 Å². The van der Waals surface area contributed by atoms with Gasteiger partial charge in [-0.3, -0.25) is 0 Å². The number of carbonyl (C=O) groups is 1. The van der Waals surface area contributed by atoms with Crippen molar-refractivity contribution in [3.05, 3.63) is 119 Å². The number of methoxy groups -OCH3 is 1. The van der Waals surface area contributed by atoms with Crippen LogP contribution >= 0.6 is 0 Å². The molecule has 252 valence electrons. The molecule has 6 rings (SSSR count). The van der Waals surface area contributed by atoms with Gasteiger partial charge < -0.3 is 33.9 Å². The van der Waals surface area contributed by atoms with Gasteiger partial charge in [0.15, 0.2) is 11.5 Å². The maximum Gasteiger partial charge on any atom is 0.346 e. The number of carbonyl (C=O) groups excluding carboxylic acids is 1. The summed E-state index contributed by atoms with van der Waals surface area (Å²) < 4.78 is 26.5. The summed E-state index contributed by atoms with van der Waals surface area (Å²) in [5, 5.41) is 26.5. The highest BCUT2D eigenvalue weighted by Crippen LogP contribution is 2.33. The van der Waals surface area contributed by atoms with Crippen molar-refractivity contribution in [2.45, 2.75) is 33.0 Å². The number of hydrogen-bond donors (Lipinski definition) is 2. The standard InChI is InChI=1S/C37H38N6O6/c1-4-47-36(45)35-25(2)42(23-26-11-7-5-8-12-26)32-17-16-30(20-31(32)35)48-24-29(44)22-38-21-27-15-18-33(34(19-27)46-3)49-37-39-40-41-43(37)28-13-9-6-10-14-28/h5-20,29,38,44H,4,21-24H2,1-3H3. The van der Waals surface area contributed by atoms with Gasteiger partial charge in [-0.2, -0.15) is 4.68 Å². The van der Waals surface area contributed by atoms with E-state index in [2.05, 4.69) is 37.5 Å². The molecule has 2 heterocycles. The van der Waals surface area contributed by atoms with Gasteiger partial charge in [-0.25, -0.2) is 4.79 Å². The van der Waals surface area contributed by atoms with Crippen LogP contribution in [-0.2, 0) is 17.8 Å². The Kier molecular flexibility index (Phi) is 10.5. The number of rotatable bonds is 15. The summed E-state index contributed by atoms with van der Waals surface area (Å²) in [6.07, 6.45) is -0.786. The highest BCUT2D eigenvalue weighted by atomic mass is 16.5. The molecule has 2 aromatic heterocycles. The normalized spacial score (nSPS) is 11.8. The highest BCUT2D eigenvalue weighted by molar-refractivity contribution is 6.06. The zero-order chi connectivity index (χ0) is 34.2. The second-order valence-corrected chi connectivity index (χ2v) is 11.3. The summed E-state index contributed by atoms with van der Waals surface area (Å²) >= 11 is 0. The molecule has 0 radical (unpaired) electrons. The number of hydrogen-bond acceptors (Lipinski definition) is 10. The molecule has 0 amide bonds. The van der Waals surface area contributed by atoms with E-state index < -0.39 is 6.10 Å². The number of benzene rings is 4. The molecule has 0 saturated carbocycles. The van der Waals surface area contributed by atoms with E-state index in [1.807, 2.05) is 85.8 Å². The SMILES string of the molecule is CCOC(=O)c1c(C)n(Cc2ccccc2)c2ccc(OCC(O)CNCc3ccc(Oc4nnnn4-c4ccccc4)c(OC)c3)cc12. The van der Waals surface area contributed by atoms with Crippen LogP contribution in [0.1, 0.15) is 34.1 Å². The third-order valence-corrected chi connectivity index (χ3v) is 7.98. The number of fused-ring (bicyclic) bond motifs is 1. The first-order valence-electron chi connectivity index (χ1n) is 16.0. The number of aromatic nitrogens is 5. The molecule has 0 fully saturated rings. The zero-order valence-corrected chi connectivity index (χ0v) is 27.6. The molecule has 0 aliphatic rings. The van der Waals surface area contributed by atoms with Crippen LogP contribution in [0.15, 0.2) is 97.1 Å². The monoisotopic (exact) mass is 662 g/mol. The molecule has 0 saturated heterocycles. The van der Waals surface area contributed by atoms with Gasteiger partial charge >= 0.3 is 12.0 Å². The van der Waals surface area contributed by atoms with Gasteiger partial charge in [0, 0.05) is 36.2 Å². The third kappa shape index (κ3) is 7.72. The summed E-state index contributed by atoms with van der Waals surface area (Å²) in [5.41, 5.74) is 5.05. The minimum atomic E-state index is -0.786. The van der Waals surface area contributed by atoms with Gasteiger partial charge in [0.05, 0.1) is 25.0 Å². The van der Waals surface area contributed by atoms with E-state index in [9.17, 15) is 9.90 Å². The second kappa shape index (κ2) is 15.5. The molecule has 49 heavy (non-hydrogen) atoms. The molecule has 12 nitrogen and oxygen atoms in total. The van der Waals surface area contributed by atoms with Crippen molar-refractivity contribution in [3.8, 4) is 28.9 Å². The van der Waals surface area contributed by atoms with Gasteiger partial charge in [0.1, 0.15) is 18.5 Å². The van der Waals surface area contributed by atoms with Crippen LogP contribution in [0.25, 0.3) is 16.6 Å². The molecule has 0 spiro atoms. The van der Waals surface area contributed by atoms with Gasteiger partial charge in [-0.15, -0.1) is 0 Å². The smallest absolute Gasteiger partial charge is 0.346 e. The molecule has 12 heteroatoms. The lowest BCUT2D eigenvalue weighted by Crippen LogP contribution is -2.31. The number of esters is 1. The Morgan fingerprint density at radius 2 is 1.71 bits per heavy atom. The molecule has 0 bridgehead atoms. The van der Waals surface area contributed by atoms with Gasteiger partial charge in [0.25, 0.3) is 0 Å². The lowest BCUT2D eigenvalue weighted by Gasteiger charge is -2.15. The molecule has 2 N–H and O–H groups in total. The van der Waals surface area contributed by atoms with Gasteiger partial charge in [0.2, 0.25) is 0 Å². The fourth-order valence-electron chi connectivity index (χ4n) is 5.59. The molecular formula is C37H38N6O6. The lowest BCUT2D eigenvalue weighted by molar-refractivity contribution is 0.0527. The van der Waals surface area contributed by atoms with E-state index in [4.69, 9.17) is 18.9 Å². The minimum absolute atomic E-state index is 0.0587. The number of para-hydroxylation sites is 1. The van der Waals surface area contributed by atoms with E-state index in [1.165, 1.54) is 4.68 Å². The van der Waals surface area contributed by atoms with Crippen molar-refractivity contribution < 1.29 is 28.8 Å². The van der Waals surface area contributed by atoms with Crippen LogP contribution in [0.3, 0.4) is 0 Å². The van der Waals surface area contributed by atoms with Crippen molar-refractivity contribution in [1.82, 2.24) is 30.1 Å². The quantitative estimate of drug-likeness (QED) is 0.136. The summed E-state index contributed by atoms with van der Waals surface area (Å²) in [7, 11) is 1.56. The number of ether oxygens (including phenoxy) is 4. The van der Waals surface area contributed by atoms with Crippen LogP contribution in [-0.4, -0.2) is 68.8 Å². The number of aliphatic hydroxyl groups is 1. The second-order valence-electron chi connectivity index (χ2n) is 11.3. The number of tetrazole rings is 1. The lowest BCUT2D eigenvalue weighted by atomic mass is 10.1. The van der Waals surface area contributed by atoms with Crippen molar-refractivity contribution >= 4 is 16.9 Å². The van der Waals surface area contributed by atoms with Crippen molar-refractivity contribution in [3.63, 3.8) is 0 Å². The largest absolute Gasteiger partial charge is 0.493 e. The fraction of sp³-hybridized carbons (Fsp3) is 0.243. The Balaban J connectivity index is 1.07. The van der Waals surface area contributed by atoms with E-state index >= 15 is 0 Å². The first-order chi connectivity index (χ1) is 23.9. The molecule has 0 aliphatic heterocycles. The van der Waals surface area contributed by atoms with Crippen molar-refractivity contribution in [1.29, 1.82) is 0 Å². The van der Waals surface area contributed by atoms with E-state index in [0.29, 0.717) is 35.9 Å². The Bertz CT molecular complexity index is 2010. The number of nitrogens with zero attached hydrogens (tertiary/aromatic N) is 5. The third-order valence-electron chi connectivity index (χ3n) is 7.98. The Hall–Kier alpha value is -5.72. The summed E-state index contributed by atoms with van der Waals surface area (Å²) in [4.78, 5) is 13.0. The molecule has 1 atom stereocenters. The van der Waals surface area contributed by atoms with Crippen LogP contribution < -0.4 is 19.5 Å². The van der Waals surface area contributed by atoms with Gasteiger partial charge in [-0.1, -0.05) is 59.7 Å². The van der Waals surface area contributed by atoms with Crippen LogP contribution in [0.5, 0.6) is 23.3 Å². The Morgan fingerprint density at radius 1 is 0.939 bits per heavy atom. The predicted molar refractivity (Wildman–Crippen MR) is 184 cm³/mol. The van der Waals surface area contributed by atoms with Crippen molar-refractivity contribution in [2.24, 2.45) is 0 Å². The van der Waals surface area contributed by atoms with E-state index in [-0.39, 0.29) is 31.7 Å². The average Bonchev–Trinajstić information content (AvgIpc) is 3.70. The topological polar surface area (TPSA) is 135 Å². The van der Waals surface area contributed by atoms with Crippen molar-refractivity contribution in [2.75, 3.05) is 26.9 Å². The number of nitrogens with one attached hydrogen (secondary N) is 1. The first-order valence-corrected chi connectivity index (χ1v) is 16.0. The maximum absolute atomic E-state index is 13.0. The van der Waals surface area contributed by atoms with Crippen LogP contribution in [0.2, 0.25) is 0 Å². The molecule has 1 unspecified atom stereocenters. The summed E-state index contributed by atoms with van der Waals surface area (Å²) in [5.74, 6) is 1.14. The Labute approximate surface area is 283 Å². The molecular weight excluding hydrogens is 624 g/mol. The molecule has 6 aromatic rings. The summed E-state index contributed by atoms with van der Waals surface area (Å²) in [6, 6.07) is 30.9. The Morgan fingerprint density at radius 3 is 2.47 bits per heavy atom. The first kappa shape index (κ1) is 33.2. The van der Waals surface area contributed by atoms with E-state index in [1.54, 1.807) is 20.1 Å². The maximum atomic E-state index is 13.0. The summed E-state index contributed by atoms with van der Waals surface area (Å²) in [6.45, 7) is 5.43. The molecule has 0 aliphatic carbocycles. The predicted octanol–water partition coefficient (Wildman–Crippen LogP) is 5.48. The molecule has 4 aromatic carbocycles. The van der Waals surface area contributed by atoms with Gasteiger partial charge in [-0.05, 0) is 77.9 Å².